The van der Waals surface area contributed by atoms with Crippen molar-refractivity contribution >= 4 is 16.5 Å². The molecule has 1 N–H and O–H groups in total. The molecule has 0 bridgehead atoms. The second kappa shape index (κ2) is 10.6. The highest BCUT2D eigenvalue weighted by atomic mass is 16.6. The van der Waals surface area contributed by atoms with E-state index in [0.717, 1.165) is 29.1 Å². The fraction of sp³-hybridized carbons (Fsp3) is 0.333. The van der Waals surface area contributed by atoms with E-state index in [2.05, 4.69) is 119 Å². The van der Waals surface area contributed by atoms with Crippen molar-refractivity contribution in [2.75, 3.05) is 5.32 Å². The van der Waals surface area contributed by atoms with E-state index in [4.69, 9.17) is 14.2 Å². The second-order valence-electron chi connectivity index (χ2n) is 10.8. The Hall–Kier alpha value is -3.34. The lowest BCUT2D eigenvalue weighted by molar-refractivity contribution is -0.177. The molecule has 2 unspecified atom stereocenters. The molecule has 2 atom stereocenters. The Morgan fingerprint density at radius 2 is 1.59 bits per heavy atom. The van der Waals surface area contributed by atoms with Crippen molar-refractivity contribution in [2.24, 2.45) is 0 Å². The van der Waals surface area contributed by atoms with Gasteiger partial charge < -0.3 is 19.5 Å². The molecule has 5 rings (SSSR count). The lowest BCUT2D eigenvalue weighted by Crippen LogP contribution is -2.51. The van der Waals surface area contributed by atoms with Crippen LogP contribution in [0.25, 0.3) is 10.8 Å². The van der Waals surface area contributed by atoms with Gasteiger partial charge in [0, 0.05) is 17.8 Å². The summed E-state index contributed by atoms with van der Waals surface area (Å²) in [5.74, 6) is 0.849. The van der Waals surface area contributed by atoms with Crippen molar-refractivity contribution < 1.29 is 14.2 Å². The van der Waals surface area contributed by atoms with E-state index in [-0.39, 0.29) is 18.3 Å². The monoisotopic (exact) mass is 495 g/mol. The summed E-state index contributed by atoms with van der Waals surface area (Å²) < 4.78 is 19.6. The zero-order chi connectivity index (χ0) is 26.0. The van der Waals surface area contributed by atoms with Gasteiger partial charge in [0.15, 0.2) is 0 Å². The van der Waals surface area contributed by atoms with Crippen LogP contribution in [-0.2, 0) is 22.6 Å². The number of benzene rings is 4. The molecule has 0 radical (unpaired) electrons. The average Bonchev–Trinajstić information content (AvgIpc) is 2.87. The van der Waals surface area contributed by atoms with Gasteiger partial charge in [-0.2, -0.15) is 0 Å². The molecule has 0 saturated carbocycles. The molecular formula is C33H37NO3. The third-order valence-electron chi connectivity index (χ3n) is 6.93. The van der Waals surface area contributed by atoms with Gasteiger partial charge in [0.1, 0.15) is 23.6 Å². The molecular weight excluding hydrogens is 458 g/mol. The minimum atomic E-state index is -0.555. The third-order valence-corrected chi connectivity index (χ3v) is 6.93. The average molecular weight is 496 g/mol. The van der Waals surface area contributed by atoms with Crippen LogP contribution in [-0.4, -0.2) is 17.8 Å². The van der Waals surface area contributed by atoms with Crippen LogP contribution in [0.2, 0.25) is 0 Å². The summed E-state index contributed by atoms with van der Waals surface area (Å²) in [5, 5.41) is 6.01. The Morgan fingerprint density at radius 3 is 2.35 bits per heavy atom. The van der Waals surface area contributed by atoms with Crippen LogP contribution in [0, 0.1) is 6.92 Å². The molecule has 0 fully saturated rings. The molecule has 1 aliphatic rings. The summed E-state index contributed by atoms with van der Waals surface area (Å²) >= 11 is 0. The van der Waals surface area contributed by atoms with Crippen LogP contribution in [0.15, 0.2) is 84.9 Å². The van der Waals surface area contributed by atoms with Gasteiger partial charge in [-0.3, -0.25) is 0 Å². The van der Waals surface area contributed by atoms with E-state index in [0.29, 0.717) is 6.61 Å². The Morgan fingerprint density at radius 1 is 0.865 bits per heavy atom. The van der Waals surface area contributed by atoms with E-state index < -0.39 is 5.60 Å². The molecule has 0 spiro atoms. The first-order valence-electron chi connectivity index (χ1n) is 13.2. The lowest BCUT2D eigenvalue weighted by Gasteiger charge is -2.45. The molecule has 4 aromatic carbocycles. The molecule has 4 nitrogen and oxygen atoms in total. The first-order chi connectivity index (χ1) is 17.8. The van der Waals surface area contributed by atoms with Crippen molar-refractivity contribution in [1.82, 2.24) is 0 Å². The van der Waals surface area contributed by atoms with Crippen molar-refractivity contribution in [3.05, 3.63) is 107 Å². The number of aryl methyl sites for hydroxylation is 1. The maximum absolute atomic E-state index is 6.61. The van der Waals surface area contributed by atoms with Crippen LogP contribution in [0.1, 0.15) is 56.1 Å². The predicted octanol–water partition coefficient (Wildman–Crippen LogP) is 7.98. The third kappa shape index (κ3) is 5.82. The summed E-state index contributed by atoms with van der Waals surface area (Å²) in [6.45, 7) is 11.7. The standard InChI is InChI=1S/C33H37NO3/c1-22(2)36-31-29-19-28(34-20-24-12-10-23(3)11-13-24)16-17-30(29)37-33(4,5)32(31)35-21-25-14-15-26-8-6-7-9-27(26)18-25/h6-19,22,31-32,34H,20-21H2,1-5H3. The number of hydrogen-bond donors (Lipinski definition) is 1. The Labute approximate surface area is 220 Å². The Bertz CT molecular complexity index is 1360. The van der Waals surface area contributed by atoms with Crippen LogP contribution in [0.3, 0.4) is 0 Å². The van der Waals surface area contributed by atoms with Crippen LogP contribution < -0.4 is 10.1 Å². The zero-order valence-corrected chi connectivity index (χ0v) is 22.5. The van der Waals surface area contributed by atoms with Gasteiger partial charge in [-0.15, -0.1) is 0 Å². The smallest absolute Gasteiger partial charge is 0.132 e. The van der Waals surface area contributed by atoms with Crippen LogP contribution in [0.5, 0.6) is 5.75 Å². The van der Waals surface area contributed by atoms with E-state index in [1.807, 2.05) is 6.07 Å². The molecule has 0 aliphatic carbocycles. The Kier molecular flexibility index (Phi) is 7.23. The zero-order valence-electron chi connectivity index (χ0n) is 22.5. The maximum atomic E-state index is 6.61. The normalized spacial score (nSPS) is 18.4. The molecule has 4 heteroatoms. The molecule has 1 heterocycles. The van der Waals surface area contributed by atoms with Gasteiger partial charge in [0.05, 0.1) is 12.7 Å². The van der Waals surface area contributed by atoms with Gasteiger partial charge in [-0.25, -0.2) is 0 Å². The lowest BCUT2D eigenvalue weighted by atomic mass is 9.87. The second-order valence-corrected chi connectivity index (χ2v) is 10.8. The van der Waals surface area contributed by atoms with Gasteiger partial charge in [-0.1, -0.05) is 66.2 Å². The van der Waals surface area contributed by atoms with Crippen molar-refractivity contribution in [3.63, 3.8) is 0 Å². The van der Waals surface area contributed by atoms with Gasteiger partial charge in [0.25, 0.3) is 0 Å². The highest BCUT2D eigenvalue weighted by Gasteiger charge is 2.46. The minimum Gasteiger partial charge on any atom is -0.485 e. The summed E-state index contributed by atoms with van der Waals surface area (Å²) in [7, 11) is 0. The van der Waals surface area contributed by atoms with E-state index >= 15 is 0 Å². The van der Waals surface area contributed by atoms with Crippen molar-refractivity contribution in [1.29, 1.82) is 0 Å². The van der Waals surface area contributed by atoms with E-state index in [1.54, 1.807) is 0 Å². The number of fused-ring (bicyclic) bond motifs is 2. The maximum Gasteiger partial charge on any atom is 0.132 e. The topological polar surface area (TPSA) is 39.7 Å². The summed E-state index contributed by atoms with van der Waals surface area (Å²) in [4.78, 5) is 0. The van der Waals surface area contributed by atoms with Gasteiger partial charge in [0.2, 0.25) is 0 Å². The number of rotatable bonds is 8. The number of anilines is 1. The first kappa shape index (κ1) is 25.3. The van der Waals surface area contributed by atoms with Crippen molar-refractivity contribution in [2.45, 2.75) is 71.7 Å². The quantitative estimate of drug-likeness (QED) is 0.269. The fourth-order valence-corrected chi connectivity index (χ4v) is 4.99. The molecule has 0 amide bonds. The number of hydrogen-bond acceptors (Lipinski definition) is 4. The Balaban J connectivity index is 1.39. The molecule has 37 heavy (non-hydrogen) atoms. The molecule has 4 aromatic rings. The van der Waals surface area contributed by atoms with Gasteiger partial charge in [-0.05, 0) is 80.8 Å². The minimum absolute atomic E-state index is 0.0442. The highest BCUT2D eigenvalue weighted by Crippen LogP contribution is 2.45. The fourth-order valence-electron chi connectivity index (χ4n) is 4.99. The first-order valence-corrected chi connectivity index (χ1v) is 13.2. The van der Waals surface area contributed by atoms with Crippen LogP contribution in [0.4, 0.5) is 5.69 Å². The molecule has 0 saturated heterocycles. The summed E-state index contributed by atoms with van der Waals surface area (Å²) in [6.07, 6.45) is -0.482. The van der Waals surface area contributed by atoms with Gasteiger partial charge >= 0.3 is 0 Å². The SMILES string of the molecule is Cc1ccc(CNc2ccc3c(c2)C(OC(C)C)C(OCc2ccc4ccccc4c2)C(C)(C)O3)cc1. The molecule has 192 valence electrons. The molecule has 0 aromatic heterocycles. The number of ether oxygens (including phenoxy) is 3. The van der Waals surface area contributed by atoms with Crippen molar-refractivity contribution in [3.8, 4) is 5.75 Å². The summed E-state index contributed by atoms with van der Waals surface area (Å²) in [5.41, 5.74) is 5.14. The largest absolute Gasteiger partial charge is 0.485 e. The predicted molar refractivity (Wildman–Crippen MR) is 151 cm³/mol. The molecule has 1 aliphatic heterocycles. The van der Waals surface area contributed by atoms with E-state index in [9.17, 15) is 0 Å². The van der Waals surface area contributed by atoms with Crippen LogP contribution >= 0.6 is 0 Å². The number of nitrogens with one attached hydrogen (secondary N) is 1. The highest BCUT2D eigenvalue weighted by molar-refractivity contribution is 5.82. The van der Waals surface area contributed by atoms with E-state index in [1.165, 1.54) is 21.9 Å². The summed E-state index contributed by atoms with van der Waals surface area (Å²) in [6, 6.07) is 29.8.